The molecule has 4 aromatic rings. The van der Waals surface area contributed by atoms with Gasteiger partial charge in [0.05, 0.1) is 49.7 Å². The molecule has 0 aliphatic heterocycles. The van der Waals surface area contributed by atoms with Gasteiger partial charge in [0.15, 0.2) is 15.7 Å². The van der Waals surface area contributed by atoms with Gasteiger partial charge in [0, 0.05) is 30.2 Å². The number of sulfone groups is 1. The van der Waals surface area contributed by atoms with Crippen molar-refractivity contribution >= 4 is 38.4 Å². The molecule has 1 N–H and O–H groups in total. The maximum absolute atomic E-state index is 14.1. The van der Waals surface area contributed by atoms with Crippen LogP contribution in [0.5, 0.6) is 17.4 Å². The van der Waals surface area contributed by atoms with E-state index >= 15 is 0 Å². The van der Waals surface area contributed by atoms with Gasteiger partial charge in [-0.2, -0.15) is 17.9 Å². The summed E-state index contributed by atoms with van der Waals surface area (Å²) in [5, 5.41) is 28.9. The molecule has 0 unspecified atom stereocenters. The summed E-state index contributed by atoms with van der Waals surface area (Å²) < 4.78 is 72.0. The van der Waals surface area contributed by atoms with Crippen LogP contribution in [0.3, 0.4) is 0 Å². The third kappa shape index (κ3) is 6.99. The molecule has 2 heterocycles. The minimum atomic E-state index is -4.49. The third-order valence-electron chi connectivity index (χ3n) is 6.56. The molecule has 0 radical (unpaired) electrons. The van der Waals surface area contributed by atoms with Crippen molar-refractivity contribution in [3.63, 3.8) is 0 Å². The van der Waals surface area contributed by atoms with Crippen molar-refractivity contribution in [1.82, 2.24) is 19.7 Å². The van der Waals surface area contributed by atoms with Crippen LogP contribution in [0.2, 0.25) is 0 Å². The zero-order valence-electron chi connectivity index (χ0n) is 24.6. The Balaban J connectivity index is 1.93. The number of aliphatic hydroxyl groups excluding tert-OH is 1. The smallest absolute Gasteiger partial charge is 0.246 e. The number of nitrogens with zero attached hydrogens (tertiary/aromatic N) is 6. The second kappa shape index (κ2) is 13.7. The minimum absolute atomic E-state index is 0.0310. The third-order valence-corrected chi connectivity index (χ3v) is 9.67. The van der Waals surface area contributed by atoms with Crippen LogP contribution in [-0.2, 0) is 19.9 Å². The zero-order chi connectivity index (χ0) is 32.9. The second-order valence-corrected chi connectivity index (χ2v) is 13.8. The van der Waals surface area contributed by atoms with Crippen molar-refractivity contribution in [2.75, 3.05) is 49.9 Å². The number of thiol groups is 1. The highest BCUT2D eigenvalue weighted by Gasteiger charge is 2.34. The molecule has 0 fully saturated rings. The molecule has 0 saturated heterocycles. The number of nitriles is 1. The van der Waals surface area contributed by atoms with E-state index in [0.717, 1.165) is 16.6 Å². The number of methoxy groups -OCH3 is 3. The van der Waals surface area contributed by atoms with Crippen molar-refractivity contribution in [2.24, 2.45) is 0 Å². The van der Waals surface area contributed by atoms with Crippen LogP contribution in [0, 0.1) is 11.3 Å². The SMILES string of the molecule is COc1cccc(-c2nnc(N(CCS)S(=O)(=O)C[C@@H](O)c3ccc(C#N)cc3S(C)(=O)=O)n2-c2c(OC)cccc2OC)n1. The van der Waals surface area contributed by atoms with Crippen LogP contribution in [0.15, 0.2) is 59.5 Å². The Morgan fingerprint density at radius 2 is 1.67 bits per heavy atom. The van der Waals surface area contributed by atoms with E-state index in [0.29, 0.717) is 0 Å². The summed E-state index contributed by atoms with van der Waals surface area (Å²) in [7, 11) is -4.12. The Labute approximate surface area is 266 Å². The molecule has 0 bridgehead atoms. The van der Waals surface area contributed by atoms with Crippen molar-refractivity contribution in [2.45, 2.75) is 11.0 Å². The van der Waals surface area contributed by atoms with Crippen LogP contribution in [0.4, 0.5) is 5.95 Å². The number of benzene rings is 2. The predicted octanol–water partition coefficient (Wildman–Crippen LogP) is 2.43. The van der Waals surface area contributed by atoms with E-state index in [-0.39, 0.29) is 68.9 Å². The molecule has 45 heavy (non-hydrogen) atoms. The maximum Gasteiger partial charge on any atom is 0.246 e. The lowest BCUT2D eigenvalue weighted by Crippen LogP contribution is -2.38. The molecule has 14 nitrogen and oxygen atoms in total. The van der Waals surface area contributed by atoms with Gasteiger partial charge in [-0.15, -0.1) is 10.2 Å². The number of aromatic nitrogens is 4. The van der Waals surface area contributed by atoms with Gasteiger partial charge in [-0.25, -0.2) is 26.1 Å². The Morgan fingerprint density at radius 1 is 1.00 bits per heavy atom. The van der Waals surface area contributed by atoms with Crippen LogP contribution >= 0.6 is 12.6 Å². The maximum atomic E-state index is 14.1. The van der Waals surface area contributed by atoms with Gasteiger partial charge in [0.2, 0.25) is 21.9 Å². The molecule has 0 spiro atoms. The molecule has 4 rings (SSSR count). The lowest BCUT2D eigenvalue weighted by atomic mass is 10.1. The molecule has 0 aliphatic carbocycles. The number of hydrogen-bond donors (Lipinski definition) is 2. The van der Waals surface area contributed by atoms with Gasteiger partial charge in [-0.1, -0.05) is 18.2 Å². The van der Waals surface area contributed by atoms with Crippen LogP contribution in [0.25, 0.3) is 17.2 Å². The number of sulfonamides is 1. The quantitative estimate of drug-likeness (QED) is 0.198. The van der Waals surface area contributed by atoms with Crippen molar-refractivity contribution in [3.05, 3.63) is 65.7 Å². The molecular formula is C28H30N6O8S3. The predicted molar refractivity (Wildman–Crippen MR) is 168 cm³/mol. The molecular weight excluding hydrogens is 645 g/mol. The summed E-state index contributed by atoms with van der Waals surface area (Å²) in [6, 6.07) is 15.3. The number of hydrogen-bond acceptors (Lipinski definition) is 13. The second-order valence-electron chi connectivity index (χ2n) is 9.46. The Kier molecular flexibility index (Phi) is 10.2. The molecule has 2 aromatic heterocycles. The topological polar surface area (TPSA) is 187 Å². The first-order chi connectivity index (χ1) is 21.4. The minimum Gasteiger partial charge on any atom is -0.494 e. The normalized spacial score (nSPS) is 12.3. The molecule has 17 heteroatoms. The van der Waals surface area contributed by atoms with E-state index in [1.165, 1.54) is 38.0 Å². The molecule has 0 amide bonds. The van der Waals surface area contributed by atoms with E-state index in [9.17, 15) is 27.2 Å². The summed E-state index contributed by atoms with van der Waals surface area (Å²) in [4.78, 5) is 4.08. The number of anilines is 1. The zero-order valence-corrected chi connectivity index (χ0v) is 27.2. The standard InChI is InChI=1S/C28H30N6O8S3/c1-40-22-8-6-9-23(41-2)26(22)34-27(20-7-5-10-25(30-20)42-3)31-32-28(34)33(13-14-43)45(38,39)17-21(35)19-12-11-18(16-29)15-24(19)44(4,36)37/h5-12,15,21,35,43H,13-14,17H2,1-4H3/t21-/m1/s1. The number of para-hydroxylation sites is 1. The van der Waals surface area contributed by atoms with Crippen molar-refractivity contribution in [3.8, 4) is 40.7 Å². The number of pyridine rings is 1. The van der Waals surface area contributed by atoms with Gasteiger partial charge < -0.3 is 19.3 Å². The van der Waals surface area contributed by atoms with Crippen LogP contribution in [0.1, 0.15) is 17.2 Å². The first-order valence-electron chi connectivity index (χ1n) is 13.1. The fraction of sp³-hybridized carbons (Fsp3) is 0.286. The highest BCUT2D eigenvalue weighted by Crippen LogP contribution is 2.39. The number of ether oxygens (including phenoxy) is 3. The highest BCUT2D eigenvalue weighted by atomic mass is 32.2. The number of rotatable bonds is 13. The van der Waals surface area contributed by atoms with E-state index in [1.807, 2.05) is 6.07 Å². The van der Waals surface area contributed by atoms with Crippen molar-refractivity contribution in [1.29, 1.82) is 5.26 Å². The van der Waals surface area contributed by atoms with Crippen molar-refractivity contribution < 1.29 is 36.2 Å². The summed E-state index contributed by atoms with van der Waals surface area (Å²) >= 11 is 4.27. The van der Waals surface area contributed by atoms with Gasteiger partial charge in [0.1, 0.15) is 22.9 Å². The fourth-order valence-electron chi connectivity index (χ4n) is 4.55. The summed E-state index contributed by atoms with van der Waals surface area (Å²) in [6.07, 6.45) is -0.898. The average molecular weight is 675 g/mol. The van der Waals surface area contributed by atoms with E-state index in [2.05, 4.69) is 27.8 Å². The van der Waals surface area contributed by atoms with Gasteiger partial charge in [-0.05, 0) is 30.3 Å². The monoisotopic (exact) mass is 674 g/mol. The van der Waals surface area contributed by atoms with E-state index in [1.54, 1.807) is 36.4 Å². The van der Waals surface area contributed by atoms with Gasteiger partial charge in [-0.3, -0.25) is 4.57 Å². The molecule has 0 saturated carbocycles. The van der Waals surface area contributed by atoms with Crippen LogP contribution in [-0.4, -0.2) is 87.3 Å². The first-order valence-corrected chi connectivity index (χ1v) is 17.2. The van der Waals surface area contributed by atoms with E-state index in [4.69, 9.17) is 14.2 Å². The lowest BCUT2D eigenvalue weighted by molar-refractivity contribution is 0.198. The number of aliphatic hydroxyl groups is 1. The fourth-order valence-corrected chi connectivity index (χ4v) is 7.35. The van der Waals surface area contributed by atoms with E-state index < -0.39 is 31.7 Å². The molecule has 0 aliphatic rings. The highest BCUT2D eigenvalue weighted by molar-refractivity contribution is 7.92. The Bertz CT molecular complexity index is 1940. The van der Waals surface area contributed by atoms with Crippen LogP contribution < -0.4 is 18.5 Å². The first kappa shape index (κ1) is 33.5. The Hall–Kier alpha value is -4.37. The molecule has 2 aromatic carbocycles. The largest absolute Gasteiger partial charge is 0.494 e. The Morgan fingerprint density at radius 3 is 2.24 bits per heavy atom. The molecule has 238 valence electrons. The van der Waals surface area contributed by atoms with Gasteiger partial charge >= 0.3 is 0 Å². The lowest BCUT2D eigenvalue weighted by Gasteiger charge is -2.26. The summed E-state index contributed by atoms with van der Waals surface area (Å²) in [5.41, 5.74) is 0.386. The summed E-state index contributed by atoms with van der Waals surface area (Å²) in [5.74, 6) is -0.166. The molecule has 1 atom stereocenters. The summed E-state index contributed by atoms with van der Waals surface area (Å²) in [6.45, 7) is -0.217. The average Bonchev–Trinajstić information content (AvgIpc) is 3.46. The van der Waals surface area contributed by atoms with Gasteiger partial charge in [0.25, 0.3) is 0 Å².